The lowest BCUT2D eigenvalue weighted by Gasteiger charge is -2.42. The van der Waals surface area contributed by atoms with Crippen LogP contribution in [0.4, 0.5) is 0 Å². The van der Waals surface area contributed by atoms with Crippen LogP contribution >= 0.6 is 0 Å². The summed E-state index contributed by atoms with van der Waals surface area (Å²) in [5, 5.41) is 34.1. The standard InChI is InChI=1S/C48H70N8O4/c1-58-27-20-18-26(19-21-27)38(48(57)60-29-24-22-28(59-2)23-25-29)36-16-9-17-37-39(36)47-55-45-35-15-8-7-14-34(35)43(53-45)51-41-31-11-4-3-10-30(31)40(49-41)50-42-32-12-5-6-13-33(32)44(52-42)54-46(37)56-47/h18-25,30-47,49-56H,3-17H2,1-2H3. The molecule has 8 bridgehead atoms. The van der Waals surface area contributed by atoms with Crippen LogP contribution < -0.4 is 56.7 Å². The third-order valence-electron chi connectivity index (χ3n) is 17.4. The van der Waals surface area contributed by atoms with Crippen LogP contribution in [0.5, 0.6) is 17.2 Å². The maximum atomic E-state index is 14.8. The highest BCUT2D eigenvalue weighted by atomic mass is 16.5. The van der Waals surface area contributed by atoms with Crippen LogP contribution in [-0.4, -0.2) is 69.5 Å². The zero-order valence-electron chi connectivity index (χ0n) is 35.8. The number of carbonyl (C=O) groups is 1. The number of nitrogens with one attached hydrogen (secondary N) is 8. The topological polar surface area (TPSA) is 141 Å². The zero-order chi connectivity index (χ0) is 40.3. The normalized spacial score (nSPS) is 43.8. The summed E-state index contributed by atoms with van der Waals surface area (Å²) in [5.74, 6) is 5.69. The number of ether oxygens (including phenoxy) is 3. The Morgan fingerprint density at radius 2 is 0.767 bits per heavy atom. The first-order valence-electron chi connectivity index (χ1n) is 24.1. The molecule has 326 valence electrons. The fraction of sp³-hybridized carbons (Fsp3) is 0.729. The molecule has 0 aromatic heterocycles. The third-order valence-corrected chi connectivity index (χ3v) is 17.4. The first-order valence-corrected chi connectivity index (χ1v) is 24.1. The van der Waals surface area contributed by atoms with Crippen molar-refractivity contribution in [2.45, 2.75) is 152 Å². The molecule has 4 aliphatic carbocycles. The molecule has 11 rings (SSSR count). The lowest BCUT2D eigenvalue weighted by atomic mass is 9.65. The van der Waals surface area contributed by atoms with E-state index in [1.807, 2.05) is 36.4 Å². The van der Waals surface area contributed by atoms with Gasteiger partial charge in [-0.05, 0) is 147 Å². The van der Waals surface area contributed by atoms with Crippen LogP contribution in [-0.2, 0) is 4.79 Å². The molecular weight excluding hydrogens is 753 g/mol. The molecule has 0 spiro atoms. The van der Waals surface area contributed by atoms with Crippen molar-refractivity contribution < 1.29 is 19.0 Å². The molecule has 9 aliphatic rings. The van der Waals surface area contributed by atoms with Crippen LogP contribution in [0, 0.1) is 53.3 Å². The summed E-state index contributed by atoms with van der Waals surface area (Å²) in [6, 6.07) is 15.6. The van der Waals surface area contributed by atoms with Gasteiger partial charge < -0.3 is 14.2 Å². The maximum Gasteiger partial charge on any atom is 0.319 e. The van der Waals surface area contributed by atoms with Gasteiger partial charge in [0.15, 0.2) is 0 Å². The molecule has 5 aliphatic heterocycles. The third kappa shape index (κ3) is 7.38. The Bertz CT molecular complexity index is 1800. The molecule has 18 atom stereocenters. The number of fused-ring (bicyclic) bond motifs is 20. The molecule has 4 saturated carbocycles. The molecule has 5 heterocycles. The minimum atomic E-state index is -0.441. The Kier molecular flexibility index (Phi) is 11.4. The van der Waals surface area contributed by atoms with E-state index in [4.69, 9.17) is 14.2 Å². The van der Waals surface area contributed by atoms with Gasteiger partial charge in [-0.3, -0.25) is 47.3 Å². The Hall–Kier alpha value is -2.81. The molecule has 5 saturated heterocycles. The van der Waals surface area contributed by atoms with E-state index in [1.165, 1.54) is 77.0 Å². The lowest BCUT2D eigenvalue weighted by Crippen LogP contribution is -2.62. The maximum absolute atomic E-state index is 14.8. The average Bonchev–Trinajstić information content (AvgIpc) is 4.03. The van der Waals surface area contributed by atoms with Crippen LogP contribution in [0.2, 0.25) is 0 Å². The molecule has 0 radical (unpaired) electrons. The predicted octanol–water partition coefficient (Wildman–Crippen LogP) is 5.24. The fourth-order valence-corrected chi connectivity index (χ4v) is 14.7. The first-order chi connectivity index (χ1) is 29.5. The van der Waals surface area contributed by atoms with E-state index in [0.717, 1.165) is 36.3 Å². The van der Waals surface area contributed by atoms with Crippen molar-refractivity contribution in [3.8, 4) is 17.2 Å². The minimum Gasteiger partial charge on any atom is -0.497 e. The van der Waals surface area contributed by atoms with E-state index >= 15 is 0 Å². The Labute approximate surface area is 356 Å². The summed E-state index contributed by atoms with van der Waals surface area (Å²) in [4.78, 5) is 14.8. The van der Waals surface area contributed by atoms with Crippen molar-refractivity contribution in [1.29, 1.82) is 0 Å². The van der Waals surface area contributed by atoms with Crippen LogP contribution in [0.15, 0.2) is 48.5 Å². The highest BCUT2D eigenvalue weighted by Crippen LogP contribution is 2.50. The van der Waals surface area contributed by atoms with Crippen molar-refractivity contribution in [1.82, 2.24) is 42.5 Å². The first kappa shape index (κ1) is 40.0. The monoisotopic (exact) mass is 823 g/mol. The molecule has 18 unspecified atom stereocenters. The molecule has 0 amide bonds. The zero-order valence-corrected chi connectivity index (χ0v) is 35.8. The van der Waals surface area contributed by atoms with Crippen molar-refractivity contribution in [2.75, 3.05) is 14.2 Å². The van der Waals surface area contributed by atoms with E-state index in [-0.39, 0.29) is 54.8 Å². The van der Waals surface area contributed by atoms with Crippen molar-refractivity contribution in [3.05, 3.63) is 54.1 Å². The molecule has 2 aromatic rings. The van der Waals surface area contributed by atoms with E-state index in [0.29, 0.717) is 59.5 Å². The molecule has 12 heteroatoms. The molecule has 9 fully saturated rings. The number of hydrogen-bond acceptors (Lipinski definition) is 12. The van der Waals surface area contributed by atoms with Crippen molar-refractivity contribution >= 4 is 5.97 Å². The SMILES string of the molecule is COc1ccc(OC(=O)C(c2ccc(OC)cc2)C2CCCC3C4NC5NC(NC6NC(NC7NC(NC(N4)C32)C2CCCCC72)C2CCCCC62)C2CCCCC52)cc1. The van der Waals surface area contributed by atoms with E-state index in [1.54, 1.807) is 14.2 Å². The fourth-order valence-electron chi connectivity index (χ4n) is 14.7. The Balaban J connectivity index is 0.954. The molecule has 8 N–H and O–H groups in total. The quantitative estimate of drug-likeness (QED) is 0.143. The largest absolute Gasteiger partial charge is 0.497 e. The van der Waals surface area contributed by atoms with Crippen LogP contribution in [0.3, 0.4) is 0 Å². The Morgan fingerprint density at radius 3 is 1.17 bits per heavy atom. The predicted molar refractivity (Wildman–Crippen MR) is 230 cm³/mol. The second-order valence-corrected chi connectivity index (χ2v) is 20.2. The van der Waals surface area contributed by atoms with Gasteiger partial charge in [0, 0.05) is 0 Å². The summed E-state index contributed by atoms with van der Waals surface area (Å²) in [6.07, 6.45) is 20.5. The number of carbonyl (C=O) groups excluding carboxylic acids is 1. The average molecular weight is 823 g/mol. The molecular formula is C48H70N8O4. The van der Waals surface area contributed by atoms with Crippen LogP contribution in [0.25, 0.3) is 0 Å². The molecule has 60 heavy (non-hydrogen) atoms. The number of benzene rings is 2. The highest BCUT2D eigenvalue weighted by Gasteiger charge is 2.57. The second kappa shape index (κ2) is 17.1. The number of hydrogen-bond donors (Lipinski definition) is 8. The Morgan fingerprint density at radius 1 is 0.433 bits per heavy atom. The smallest absolute Gasteiger partial charge is 0.319 e. The summed E-state index contributed by atoms with van der Waals surface area (Å²) in [7, 11) is 3.35. The van der Waals surface area contributed by atoms with Gasteiger partial charge in [0.2, 0.25) is 0 Å². The van der Waals surface area contributed by atoms with E-state index < -0.39 is 5.92 Å². The molecule has 2 aromatic carbocycles. The van der Waals surface area contributed by atoms with Gasteiger partial charge in [-0.25, -0.2) is 0 Å². The minimum absolute atomic E-state index is 0.0215. The van der Waals surface area contributed by atoms with Gasteiger partial charge in [0.25, 0.3) is 0 Å². The van der Waals surface area contributed by atoms with E-state index in [2.05, 4.69) is 54.7 Å². The van der Waals surface area contributed by atoms with Gasteiger partial charge in [-0.15, -0.1) is 0 Å². The van der Waals surface area contributed by atoms with Gasteiger partial charge in [-0.2, -0.15) is 0 Å². The van der Waals surface area contributed by atoms with Gasteiger partial charge in [-0.1, -0.05) is 57.1 Å². The van der Waals surface area contributed by atoms with Crippen molar-refractivity contribution in [3.63, 3.8) is 0 Å². The van der Waals surface area contributed by atoms with Crippen LogP contribution in [0.1, 0.15) is 108 Å². The summed E-state index contributed by atoms with van der Waals surface area (Å²) in [5.41, 5.74) is 0.990. The lowest BCUT2D eigenvalue weighted by molar-refractivity contribution is -0.139. The van der Waals surface area contributed by atoms with E-state index in [9.17, 15) is 4.79 Å². The second-order valence-electron chi connectivity index (χ2n) is 20.2. The molecule has 12 nitrogen and oxygen atoms in total. The van der Waals surface area contributed by atoms with Gasteiger partial charge in [0.1, 0.15) is 17.2 Å². The van der Waals surface area contributed by atoms with Crippen molar-refractivity contribution in [2.24, 2.45) is 53.3 Å². The number of rotatable bonds is 6. The van der Waals surface area contributed by atoms with Gasteiger partial charge in [0.05, 0.1) is 69.5 Å². The van der Waals surface area contributed by atoms with Gasteiger partial charge >= 0.3 is 5.97 Å². The summed E-state index contributed by atoms with van der Waals surface area (Å²) in [6.45, 7) is 0. The number of methoxy groups -OCH3 is 2. The highest BCUT2D eigenvalue weighted by molar-refractivity contribution is 5.81. The number of esters is 1. The summed E-state index contributed by atoms with van der Waals surface area (Å²) < 4.78 is 17.3. The summed E-state index contributed by atoms with van der Waals surface area (Å²) >= 11 is 0.